The molecule has 0 heterocycles. The summed E-state index contributed by atoms with van der Waals surface area (Å²) in [5.74, 6) is -37.2. The van der Waals surface area contributed by atoms with Crippen LogP contribution in [0.3, 0.4) is 0 Å². The first-order chi connectivity index (χ1) is 19.2. The van der Waals surface area contributed by atoms with Gasteiger partial charge in [0.25, 0.3) is 0 Å². The van der Waals surface area contributed by atoms with Crippen molar-refractivity contribution in [2.75, 3.05) is 13.2 Å². The zero-order valence-electron chi connectivity index (χ0n) is 23.8. The Morgan fingerprint density at radius 2 is 0.810 bits per heavy atom. The van der Waals surface area contributed by atoms with Crippen LogP contribution >= 0.6 is 0 Å². The standard InChI is InChI=1S/C27H43F13O2/c1-2-3-4-5-6-7-8-9-10-11-12-13-14-15-16-17-18-42-21(20-41)19-22(28,29)23(30,31)24(32,33)25(34,35)26(36,37)27(38,39)40/h21,41H,2-20H2,1H3. The van der Waals surface area contributed by atoms with Crippen LogP contribution in [0.25, 0.3) is 0 Å². The van der Waals surface area contributed by atoms with E-state index in [9.17, 15) is 57.1 Å². The minimum Gasteiger partial charge on any atom is -0.394 e. The fraction of sp³-hybridized carbons (Fsp3) is 1.00. The molecule has 15 heteroatoms. The van der Waals surface area contributed by atoms with Crippen LogP contribution in [0.4, 0.5) is 57.1 Å². The molecule has 0 saturated carbocycles. The third kappa shape index (κ3) is 11.5. The molecule has 0 aliphatic carbocycles. The maximum absolute atomic E-state index is 14.0. The molecule has 0 saturated heterocycles. The number of hydrogen-bond donors (Lipinski definition) is 1. The average Bonchev–Trinajstić information content (AvgIpc) is 2.88. The van der Waals surface area contributed by atoms with E-state index in [1.165, 1.54) is 51.4 Å². The molecule has 0 fully saturated rings. The van der Waals surface area contributed by atoms with Crippen molar-refractivity contribution in [3.8, 4) is 0 Å². The second kappa shape index (κ2) is 18.1. The van der Waals surface area contributed by atoms with E-state index in [0.29, 0.717) is 12.8 Å². The topological polar surface area (TPSA) is 29.5 Å². The molecule has 0 aliphatic rings. The van der Waals surface area contributed by atoms with Crippen LogP contribution < -0.4 is 0 Å². The van der Waals surface area contributed by atoms with Crippen LogP contribution in [0.15, 0.2) is 0 Å². The van der Waals surface area contributed by atoms with E-state index >= 15 is 0 Å². The summed E-state index contributed by atoms with van der Waals surface area (Å²) in [5, 5.41) is 9.08. The molecule has 2 nitrogen and oxygen atoms in total. The Bertz CT molecular complexity index is 713. The van der Waals surface area contributed by atoms with Gasteiger partial charge in [-0.2, -0.15) is 57.1 Å². The third-order valence-corrected chi connectivity index (χ3v) is 7.04. The largest absolute Gasteiger partial charge is 0.460 e. The molecule has 1 N–H and O–H groups in total. The first-order valence-corrected chi connectivity index (χ1v) is 14.4. The van der Waals surface area contributed by atoms with Gasteiger partial charge in [-0.3, -0.25) is 0 Å². The van der Waals surface area contributed by atoms with Crippen molar-refractivity contribution in [3.63, 3.8) is 0 Å². The summed E-state index contributed by atoms with van der Waals surface area (Å²) >= 11 is 0. The summed E-state index contributed by atoms with van der Waals surface area (Å²) < 4.78 is 177. The van der Waals surface area contributed by atoms with Crippen molar-refractivity contribution in [2.45, 2.75) is 158 Å². The summed E-state index contributed by atoms with van der Waals surface area (Å²) in [7, 11) is 0. The fourth-order valence-electron chi connectivity index (χ4n) is 4.29. The lowest BCUT2D eigenvalue weighted by Crippen LogP contribution is -2.70. The summed E-state index contributed by atoms with van der Waals surface area (Å²) in [6.07, 6.45) is 4.10. The smallest absolute Gasteiger partial charge is 0.394 e. The van der Waals surface area contributed by atoms with Crippen molar-refractivity contribution in [1.82, 2.24) is 0 Å². The van der Waals surface area contributed by atoms with E-state index in [0.717, 1.165) is 32.1 Å². The third-order valence-electron chi connectivity index (χ3n) is 7.04. The number of aliphatic hydroxyl groups is 1. The molecule has 0 aromatic carbocycles. The van der Waals surface area contributed by atoms with Gasteiger partial charge in [0.1, 0.15) is 0 Å². The van der Waals surface area contributed by atoms with Gasteiger partial charge >= 0.3 is 35.8 Å². The Labute approximate surface area is 238 Å². The van der Waals surface area contributed by atoms with Crippen LogP contribution in [0.5, 0.6) is 0 Å². The molecule has 1 atom stereocenters. The number of unbranched alkanes of at least 4 members (excludes halogenated alkanes) is 15. The highest BCUT2D eigenvalue weighted by Gasteiger charge is 2.90. The number of aliphatic hydroxyl groups excluding tert-OH is 1. The fourth-order valence-corrected chi connectivity index (χ4v) is 4.29. The Balaban J connectivity index is 4.47. The van der Waals surface area contributed by atoms with Gasteiger partial charge in [0.05, 0.1) is 12.7 Å². The summed E-state index contributed by atoms with van der Waals surface area (Å²) in [5.41, 5.74) is 0. The molecule has 1 unspecified atom stereocenters. The Kier molecular flexibility index (Phi) is 17.7. The number of halogens is 13. The van der Waals surface area contributed by atoms with Crippen molar-refractivity contribution in [2.24, 2.45) is 0 Å². The van der Waals surface area contributed by atoms with Gasteiger partial charge in [0.2, 0.25) is 0 Å². The van der Waals surface area contributed by atoms with Crippen LogP contribution in [0, 0.1) is 0 Å². The molecule has 0 aromatic heterocycles. The normalized spacial score (nSPS) is 14.9. The highest BCUT2D eigenvalue weighted by atomic mass is 19.4. The molecule has 254 valence electrons. The van der Waals surface area contributed by atoms with Gasteiger partial charge in [-0.1, -0.05) is 103 Å². The molecule has 0 radical (unpaired) electrons. The minimum atomic E-state index is -7.94. The van der Waals surface area contributed by atoms with Crippen molar-refractivity contribution in [1.29, 1.82) is 0 Å². The van der Waals surface area contributed by atoms with Crippen LogP contribution in [-0.4, -0.2) is 60.2 Å². The molecule has 0 aliphatic heterocycles. The quantitative estimate of drug-likeness (QED) is 0.0790. The number of hydrogen-bond acceptors (Lipinski definition) is 2. The molecule has 0 bridgehead atoms. The van der Waals surface area contributed by atoms with E-state index in [-0.39, 0.29) is 6.42 Å². The summed E-state index contributed by atoms with van der Waals surface area (Å²) in [6.45, 7) is 0.295. The highest BCUT2D eigenvalue weighted by molar-refractivity contribution is 5.10. The van der Waals surface area contributed by atoms with Crippen molar-refractivity contribution in [3.05, 3.63) is 0 Å². The molecule has 0 spiro atoms. The van der Waals surface area contributed by atoms with E-state index in [4.69, 9.17) is 9.84 Å². The van der Waals surface area contributed by atoms with Crippen molar-refractivity contribution < 1.29 is 66.9 Å². The zero-order valence-corrected chi connectivity index (χ0v) is 23.8. The second-order valence-corrected chi connectivity index (χ2v) is 10.7. The first-order valence-electron chi connectivity index (χ1n) is 14.4. The lowest BCUT2D eigenvalue weighted by atomic mass is 9.91. The molecule has 0 rings (SSSR count). The number of alkyl halides is 13. The van der Waals surface area contributed by atoms with Crippen molar-refractivity contribution >= 4 is 0 Å². The monoisotopic (exact) mass is 646 g/mol. The highest BCUT2D eigenvalue weighted by Crippen LogP contribution is 2.60. The molecule has 0 amide bonds. The van der Waals surface area contributed by atoms with Gasteiger partial charge in [-0.15, -0.1) is 0 Å². The summed E-state index contributed by atoms with van der Waals surface area (Å²) in [6, 6.07) is 0. The molecule has 0 aromatic rings. The van der Waals surface area contributed by atoms with E-state index in [1.54, 1.807) is 0 Å². The van der Waals surface area contributed by atoms with Crippen LogP contribution in [0.1, 0.15) is 116 Å². The Morgan fingerprint density at radius 1 is 0.476 bits per heavy atom. The maximum atomic E-state index is 14.0. The molecule has 42 heavy (non-hydrogen) atoms. The van der Waals surface area contributed by atoms with E-state index in [2.05, 4.69) is 6.92 Å². The Hall–Kier alpha value is -0.990. The number of rotatable bonds is 25. The van der Waals surface area contributed by atoms with Gasteiger partial charge in [-0.25, -0.2) is 0 Å². The predicted octanol–water partition coefficient (Wildman–Crippen LogP) is 10.8. The molecular formula is C27H43F13O2. The average molecular weight is 647 g/mol. The summed E-state index contributed by atoms with van der Waals surface area (Å²) in [4.78, 5) is 0. The minimum absolute atomic E-state index is 0.183. The lowest BCUT2D eigenvalue weighted by Gasteiger charge is -2.40. The SMILES string of the molecule is CCCCCCCCCCCCCCCCCCOC(CO)CC(F)(F)C(F)(F)C(F)(F)C(F)(F)C(F)(F)C(F)(F)F. The maximum Gasteiger partial charge on any atom is 0.460 e. The van der Waals surface area contributed by atoms with Gasteiger partial charge in [0.15, 0.2) is 0 Å². The van der Waals surface area contributed by atoms with Crippen LogP contribution in [-0.2, 0) is 4.74 Å². The zero-order chi connectivity index (χ0) is 32.7. The van der Waals surface area contributed by atoms with Gasteiger partial charge in [-0.05, 0) is 6.42 Å². The Morgan fingerprint density at radius 3 is 1.14 bits per heavy atom. The van der Waals surface area contributed by atoms with Crippen LogP contribution in [0.2, 0.25) is 0 Å². The second-order valence-electron chi connectivity index (χ2n) is 10.7. The van der Waals surface area contributed by atoms with E-state index in [1.807, 2.05) is 0 Å². The van der Waals surface area contributed by atoms with Gasteiger partial charge < -0.3 is 9.84 Å². The first kappa shape index (κ1) is 41.0. The predicted molar refractivity (Wildman–Crippen MR) is 132 cm³/mol. The lowest BCUT2D eigenvalue weighted by molar-refractivity contribution is -0.441. The van der Waals surface area contributed by atoms with Gasteiger partial charge in [0, 0.05) is 13.0 Å². The number of ether oxygens (including phenoxy) is 1. The van der Waals surface area contributed by atoms with E-state index < -0.39 is 61.5 Å². The molecular weight excluding hydrogens is 603 g/mol.